The number of nitrogens with zero attached hydrogens (tertiary/aromatic N) is 3. The molecule has 3 rings (SSSR count). The van der Waals surface area contributed by atoms with Gasteiger partial charge in [0.1, 0.15) is 11.6 Å². The number of hydrogen-bond acceptors (Lipinski definition) is 4. The molecule has 1 heterocycles. The largest absolute Gasteiger partial charge is 0.351 e. The molecule has 0 atom stereocenters. The Morgan fingerprint density at radius 3 is 2.96 bits per heavy atom. The van der Waals surface area contributed by atoms with E-state index in [1.807, 2.05) is 16.7 Å². The van der Waals surface area contributed by atoms with Gasteiger partial charge in [0.2, 0.25) is 5.91 Å². The third-order valence-corrected chi connectivity index (χ3v) is 5.02. The fourth-order valence-corrected chi connectivity index (χ4v) is 3.26. The number of thioether (sulfide) groups is 1. The number of carbonyl (C=O) groups is 1. The van der Waals surface area contributed by atoms with Crippen LogP contribution in [-0.2, 0) is 17.9 Å². The van der Waals surface area contributed by atoms with E-state index in [0.717, 1.165) is 29.4 Å². The quantitative estimate of drug-likeness (QED) is 0.580. The van der Waals surface area contributed by atoms with Gasteiger partial charge in [-0.15, -0.1) is 16.8 Å². The molecular formula is C18H21FN4OS. The van der Waals surface area contributed by atoms with E-state index in [9.17, 15) is 9.18 Å². The highest BCUT2D eigenvalue weighted by Gasteiger charge is 2.30. The number of benzene rings is 1. The number of amides is 1. The molecule has 1 fully saturated rings. The van der Waals surface area contributed by atoms with Gasteiger partial charge in [-0.05, 0) is 37.0 Å². The van der Waals surface area contributed by atoms with Gasteiger partial charge in [0.25, 0.3) is 0 Å². The Morgan fingerprint density at radius 1 is 1.48 bits per heavy atom. The van der Waals surface area contributed by atoms with Crippen molar-refractivity contribution < 1.29 is 9.18 Å². The van der Waals surface area contributed by atoms with Crippen LogP contribution in [0.15, 0.2) is 36.0 Å². The maximum atomic E-state index is 13.5. The first kappa shape index (κ1) is 17.7. The number of allylic oxidation sites excluding steroid dienone is 1. The molecule has 25 heavy (non-hydrogen) atoms. The van der Waals surface area contributed by atoms with Crippen LogP contribution >= 0.6 is 11.8 Å². The summed E-state index contributed by atoms with van der Waals surface area (Å²) < 4.78 is 15.5. The van der Waals surface area contributed by atoms with Crippen molar-refractivity contribution in [3.8, 4) is 0 Å². The summed E-state index contributed by atoms with van der Waals surface area (Å²) in [5, 5.41) is 12.0. The third kappa shape index (κ3) is 4.48. The smallest absolute Gasteiger partial charge is 0.230 e. The molecule has 0 radical (unpaired) electrons. The highest BCUT2D eigenvalue weighted by molar-refractivity contribution is 7.99. The van der Waals surface area contributed by atoms with Gasteiger partial charge in [0, 0.05) is 19.0 Å². The number of rotatable bonds is 8. The number of nitrogens with one attached hydrogen (secondary N) is 1. The Kier molecular flexibility index (Phi) is 5.53. The fraction of sp³-hybridized carbons (Fsp3) is 0.389. The first-order valence-electron chi connectivity index (χ1n) is 8.27. The molecule has 0 unspecified atom stereocenters. The lowest BCUT2D eigenvalue weighted by molar-refractivity contribution is -0.118. The zero-order valence-corrected chi connectivity index (χ0v) is 15.0. The maximum absolute atomic E-state index is 13.5. The summed E-state index contributed by atoms with van der Waals surface area (Å²) in [5.74, 6) is 1.34. The summed E-state index contributed by atoms with van der Waals surface area (Å²) in [5.41, 5.74) is 1.34. The first-order chi connectivity index (χ1) is 12.1. The Balaban J connectivity index is 1.53. The van der Waals surface area contributed by atoms with Crippen LogP contribution in [0.4, 0.5) is 4.39 Å². The normalized spacial score (nSPS) is 13.7. The van der Waals surface area contributed by atoms with E-state index in [0.29, 0.717) is 24.6 Å². The fourth-order valence-electron chi connectivity index (χ4n) is 2.48. The minimum atomic E-state index is -0.258. The Morgan fingerprint density at radius 2 is 2.28 bits per heavy atom. The van der Waals surface area contributed by atoms with Crippen molar-refractivity contribution in [1.29, 1.82) is 0 Å². The Hall–Kier alpha value is -2.15. The van der Waals surface area contributed by atoms with E-state index in [1.54, 1.807) is 13.0 Å². The molecule has 7 heteroatoms. The Labute approximate surface area is 150 Å². The molecule has 0 spiro atoms. The average molecular weight is 360 g/mol. The van der Waals surface area contributed by atoms with Gasteiger partial charge in [-0.2, -0.15) is 0 Å². The summed E-state index contributed by atoms with van der Waals surface area (Å²) in [6, 6.07) is 4.97. The van der Waals surface area contributed by atoms with Gasteiger partial charge in [-0.25, -0.2) is 4.39 Å². The first-order valence-corrected chi connectivity index (χ1v) is 9.25. The van der Waals surface area contributed by atoms with Crippen molar-refractivity contribution in [2.75, 3.05) is 5.75 Å². The number of carbonyl (C=O) groups excluding carboxylic acids is 1. The van der Waals surface area contributed by atoms with Gasteiger partial charge in [0.15, 0.2) is 5.16 Å². The summed E-state index contributed by atoms with van der Waals surface area (Å²) >= 11 is 1.36. The average Bonchev–Trinajstić information content (AvgIpc) is 3.36. The summed E-state index contributed by atoms with van der Waals surface area (Å²) in [6.45, 7) is 6.44. The molecule has 132 valence electrons. The molecule has 1 aromatic carbocycles. The van der Waals surface area contributed by atoms with Crippen molar-refractivity contribution in [3.05, 3.63) is 53.6 Å². The second-order valence-corrected chi connectivity index (χ2v) is 7.11. The number of aromatic nitrogens is 3. The van der Waals surface area contributed by atoms with Crippen molar-refractivity contribution in [2.45, 2.75) is 43.9 Å². The lowest BCUT2D eigenvalue weighted by atomic mass is 10.1. The molecular weight excluding hydrogens is 339 g/mol. The van der Waals surface area contributed by atoms with Crippen molar-refractivity contribution >= 4 is 17.7 Å². The van der Waals surface area contributed by atoms with E-state index in [2.05, 4.69) is 22.1 Å². The van der Waals surface area contributed by atoms with E-state index in [1.165, 1.54) is 17.8 Å². The zero-order valence-electron chi connectivity index (χ0n) is 14.2. The van der Waals surface area contributed by atoms with Crippen molar-refractivity contribution in [1.82, 2.24) is 20.1 Å². The summed E-state index contributed by atoms with van der Waals surface area (Å²) in [7, 11) is 0. The molecule has 0 saturated heterocycles. The van der Waals surface area contributed by atoms with E-state index in [4.69, 9.17) is 0 Å². The second-order valence-electron chi connectivity index (χ2n) is 6.16. The predicted octanol–water partition coefficient (Wildman–Crippen LogP) is 3.20. The number of halogens is 1. The highest BCUT2D eigenvalue weighted by atomic mass is 32.2. The van der Waals surface area contributed by atoms with Gasteiger partial charge < -0.3 is 9.88 Å². The van der Waals surface area contributed by atoms with Crippen LogP contribution in [0.25, 0.3) is 0 Å². The molecule has 1 aromatic heterocycles. The molecule has 5 nitrogen and oxygen atoms in total. The number of hydrogen-bond donors (Lipinski definition) is 1. The lowest BCUT2D eigenvalue weighted by Crippen LogP contribution is -2.24. The molecule has 1 N–H and O–H groups in total. The van der Waals surface area contributed by atoms with Crippen LogP contribution in [-0.4, -0.2) is 26.4 Å². The highest BCUT2D eigenvalue weighted by Crippen LogP contribution is 2.40. The van der Waals surface area contributed by atoms with Gasteiger partial charge in [-0.3, -0.25) is 4.79 Å². The molecule has 1 aliphatic rings. The van der Waals surface area contributed by atoms with Crippen LogP contribution in [0, 0.1) is 12.7 Å². The van der Waals surface area contributed by atoms with Crippen LogP contribution in [0.2, 0.25) is 0 Å². The Bertz CT molecular complexity index is 785. The predicted molar refractivity (Wildman–Crippen MR) is 95.9 cm³/mol. The van der Waals surface area contributed by atoms with Crippen molar-refractivity contribution in [2.24, 2.45) is 0 Å². The van der Waals surface area contributed by atoms with E-state index in [-0.39, 0.29) is 17.5 Å². The minimum absolute atomic E-state index is 0.118. The van der Waals surface area contributed by atoms with Crippen LogP contribution in [0.3, 0.4) is 0 Å². The van der Waals surface area contributed by atoms with Gasteiger partial charge in [-0.1, -0.05) is 30.0 Å². The SMILES string of the molecule is C=CCn1c(SCC(=O)NCc2ccc(C)c(F)c2)nnc1C1CC1. The van der Waals surface area contributed by atoms with E-state index < -0.39 is 0 Å². The standard InChI is InChI=1S/C18H21FN4OS/c1-3-8-23-17(14-6-7-14)21-22-18(23)25-11-16(24)20-10-13-5-4-12(2)15(19)9-13/h3-5,9,14H,1,6-8,10-11H2,2H3,(H,20,24). The third-order valence-electron chi connectivity index (χ3n) is 4.06. The van der Waals surface area contributed by atoms with Crippen LogP contribution in [0.5, 0.6) is 0 Å². The van der Waals surface area contributed by atoms with E-state index >= 15 is 0 Å². The summed E-state index contributed by atoms with van der Waals surface area (Å²) in [6.07, 6.45) is 4.10. The topological polar surface area (TPSA) is 59.8 Å². The molecule has 2 aromatic rings. The van der Waals surface area contributed by atoms with Crippen molar-refractivity contribution in [3.63, 3.8) is 0 Å². The molecule has 0 bridgehead atoms. The van der Waals surface area contributed by atoms with Crippen LogP contribution < -0.4 is 5.32 Å². The molecule has 1 amide bonds. The lowest BCUT2D eigenvalue weighted by Gasteiger charge is -2.08. The summed E-state index contributed by atoms with van der Waals surface area (Å²) in [4.78, 5) is 12.1. The molecule has 0 aliphatic heterocycles. The van der Waals surface area contributed by atoms with Gasteiger partial charge >= 0.3 is 0 Å². The van der Waals surface area contributed by atoms with Gasteiger partial charge in [0.05, 0.1) is 5.75 Å². The monoisotopic (exact) mass is 360 g/mol. The zero-order chi connectivity index (χ0) is 17.8. The second kappa shape index (κ2) is 7.82. The minimum Gasteiger partial charge on any atom is -0.351 e. The molecule has 1 aliphatic carbocycles. The van der Waals surface area contributed by atoms with Crippen LogP contribution in [0.1, 0.15) is 35.7 Å². The number of aryl methyl sites for hydroxylation is 1. The molecule has 1 saturated carbocycles. The maximum Gasteiger partial charge on any atom is 0.230 e.